The van der Waals surface area contributed by atoms with Crippen LogP contribution in [0.3, 0.4) is 0 Å². The molecule has 1 saturated heterocycles. The second kappa shape index (κ2) is 5.21. The molecule has 1 aliphatic rings. The number of aryl methyl sites for hydroxylation is 1. The number of aliphatic carboxylic acids is 1. The number of piperidine rings is 1. The second-order valence-corrected chi connectivity index (χ2v) is 4.74. The van der Waals surface area contributed by atoms with E-state index >= 15 is 0 Å². The van der Waals surface area contributed by atoms with Gasteiger partial charge < -0.3 is 10.0 Å². The summed E-state index contributed by atoms with van der Waals surface area (Å²) in [6, 6.07) is 6.00. The Morgan fingerprint density at radius 2 is 2.00 bits per heavy atom. The van der Waals surface area contributed by atoms with Gasteiger partial charge in [-0.15, -0.1) is 0 Å². The molecule has 2 rings (SSSR count). The van der Waals surface area contributed by atoms with Gasteiger partial charge in [0.05, 0.1) is 6.42 Å². The third-order valence-electron chi connectivity index (χ3n) is 3.31. The highest BCUT2D eigenvalue weighted by Gasteiger charge is 2.13. The molecule has 3 heteroatoms. The molecule has 92 valence electrons. The largest absolute Gasteiger partial charge is 0.481 e. The molecule has 1 fully saturated rings. The van der Waals surface area contributed by atoms with Crippen LogP contribution in [-0.4, -0.2) is 24.2 Å². The first-order chi connectivity index (χ1) is 8.16. The van der Waals surface area contributed by atoms with Gasteiger partial charge in [0.2, 0.25) is 0 Å². The molecule has 3 nitrogen and oxygen atoms in total. The molecule has 0 bridgehead atoms. The summed E-state index contributed by atoms with van der Waals surface area (Å²) in [4.78, 5) is 13.1. The van der Waals surface area contributed by atoms with Crippen LogP contribution >= 0.6 is 0 Å². The fourth-order valence-electron chi connectivity index (χ4n) is 2.49. The topological polar surface area (TPSA) is 40.5 Å². The molecule has 0 unspecified atom stereocenters. The normalized spacial score (nSPS) is 15.9. The van der Waals surface area contributed by atoms with Gasteiger partial charge in [-0.05, 0) is 43.4 Å². The number of carboxylic acids is 1. The van der Waals surface area contributed by atoms with Crippen molar-refractivity contribution in [2.45, 2.75) is 32.6 Å². The Balaban J connectivity index is 2.15. The van der Waals surface area contributed by atoms with Gasteiger partial charge in [-0.25, -0.2) is 0 Å². The Morgan fingerprint density at radius 3 is 2.59 bits per heavy atom. The van der Waals surface area contributed by atoms with Crippen molar-refractivity contribution in [3.63, 3.8) is 0 Å². The van der Waals surface area contributed by atoms with E-state index in [1.54, 1.807) is 0 Å². The Kier molecular flexibility index (Phi) is 3.67. The lowest BCUT2D eigenvalue weighted by Gasteiger charge is -2.30. The molecule has 1 N–H and O–H groups in total. The van der Waals surface area contributed by atoms with E-state index in [0.717, 1.165) is 18.7 Å². The molecule has 0 radical (unpaired) electrons. The molecule has 1 aromatic rings. The Bertz CT molecular complexity index is 409. The van der Waals surface area contributed by atoms with Crippen LogP contribution < -0.4 is 4.90 Å². The van der Waals surface area contributed by atoms with Gasteiger partial charge in [0.25, 0.3) is 0 Å². The standard InChI is InChI=1S/C14H19NO2/c1-11-9-12(10-14(16)17)5-6-13(11)15-7-3-2-4-8-15/h5-6,9H,2-4,7-8,10H2,1H3,(H,16,17). The van der Waals surface area contributed by atoms with Crippen LogP contribution in [0, 0.1) is 6.92 Å². The SMILES string of the molecule is Cc1cc(CC(=O)O)ccc1N1CCCCC1. The zero-order chi connectivity index (χ0) is 12.3. The van der Waals surface area contributed by atoms with E-state index in [2.05, 4.69) is 17.9 Å². The minimum atomic E-state index is -0.768. The van der Waals surface area contributed by atoms with Crippen LogP contribution in [0.5, 0.6) is 0 Å². The van der Waals surface area contributed by atoms with Crippen molar-refractivity contribution >= 4 is 11.7 Å². The molecule has 0 saturated carbocycles. The maximum atomic E-state index is 10.7. The van der Waals surface area contributed by atoms with Gasteiger partial charge >= 0.3 is 5.97 Å². The predicted molar refractivity (Wildman–Crippen MR) is 68.6 cm³/mol. The molecule has 1 aromatic carbocycles. The highest BCUT2D eigenvalue weighted by Crippen LogP contribution is 2.24. The first kappa shape index (κ1) is 12.0. The molecule has 0 aromatic heterocycles. The van der Waals surface area contributed by atoms with Crippen LogP contribution in [0.2, 0.25) is 0 Å². The first-order valence-electron chi connectivity index (χ1n) is 6.23. The molecule has 0 atom stereocenters. The average molecular weight is 233 g/mol. The minimum Gasteiger partial charge on any atom is -0.481 e. The molecule has 0 spiro atoms. The van der Waals surface area contributed by atoms with E-state index in [1.165, 1.54) is 30.5 Å². The van der Waals surface area contributed by atoms with E-state index in [-0.39, 0.29) is 6.42 Å². The predicted octanol–water partition coefficient (Wildman–Crippen LogP) is 2.61. The Morgan fingerprint density at radius 1 is 1.29 bits per heavy atom. The number of carboxylic acid groups (broad SMARTS) is 1. The third-order valence-corrected chi connectivity index (χ3v) is 3.31. The van der Waals surface area contributed by atoms with Crippen molar-refractivity contribution in [3.05, 3.63) is 29.3 Å². The molecular weight excluding hydrogens is 214 g/mol. The first-order valence-corrected chi connectivity index (χ1v) is 6.23. The fourth-order valence-corrected chi connectivity index (χ4v) is 2.49. The summed E-state index contributed by atoms with van der Waals surface area (Å²) < 4.78 is 0. The number of benzene rings is 1. The van der Waals surface area contributed by atoms with Crippen LogP contribution in [-0.2, 0) is 11.2 Å². The molecule has 17 heavy (non-hydrogen) atoms. The molecular formula is C14H19NO2. The summed E-state index contributed by atoms with van der Waals surface area (Å²) in [5, 5.41) is 8.77. The van der Waals surface area contributed by atoms with Crippen molar-refractivity contribution in [2.24, 2.45) is 0 Å². The maximum absolute atomic E-state index is 10.7. The molecule has 0 amide bonds. The van der Waals surface area contributed by atoms with Gasteiger partial charge in [-0.3, -0.25) is 4.79 Å². The lowest BCUT2D eigenvalue weighted by Crippen LogP contribution is -2.29. The monoisotopic (exact) mass is 233 g/mol. The van der Waals surface area contributed by atoms with Crippen molar-refractivity contribution in [2.75, 3.05) is 18.0 Å². The van der Waals surface area contributed by atoms with E-state index in [9.17, 15) is 4.79 Å². The van der Waals surface area contributed by atoms with Crippen LogP contribution in [0.25, 0.3) is 0 Å². The highest BCUT2D eigenvalue weighted by atomic mass is 16.4. The van der Waals surface area contributed by atoms with E-state index in [1.807, 2.05) is 12.1 Å². The summed E-state index contributed by atoms with van der Waals surface area (Å²) in [5.74, 6) is -0.768. The lowest BCUT2D eigenvalue weighted by molar-refractivity contribution is -0.136. The third kappa shape index (κ3) is 2.99. The van der Waals surface area contributed by atoms with Gasteiger partial charge in [-0.1, -0.05) is 12.1 Å². The summed E-state index contributed by atoms with van der Waals surface area (Å²) in [6.07, 6.45) is 3.96. The summed E-state index contributed by atoms with van der Waals surface area (Å²) in [7, 11) is 0. The quantitative estimate of drug-likeness (QED) is 0.872. The minimum absolute atomic E-state index is 0.112. The maximum Gasteiger partial charge on any atom is 0.307 e. The zero-order valence-corrected chi connectivity index (χ0v) is 10.3. The molecule has 1 aliphatic heterocycles. The van der Waals surface area contributed by atoms with Crippen LogP contribution in [0.15, 0.2) is 18.2 Å². The fraction of sp³-hybridized carbons (Fsp3) is 0.500. The van der Waals surface area contributed by atoms with Crippen molar-refractivity contribution in [1.29, 1.82) is 0 Å². The van der Waals surface area contributed by atoms with E-state index in [4.69, 9.17) is 5.11 Å². The van der Waals surface area contributed by atoms with E-state index in [0.29, 0.717) is 0 Å². The number of anilines is 1. The number of hydrogen-bond donors (Lipinski definition) is 1. The Hall–Kier alpha value is -1.51. The van der Waals surface area contributed by atoms with Gasteiger partial charge in [-0.2, -0.15) is 0 Å². The number of nitrogens with zero attached hydrogens (tertiary/aromatic N) is 1. The molecule has 1 heterocycles. The van der Waals surface area contributed by atoms with Crippen molar-refractivity contribution < 1.29 is 9.90 Å². The number of rotatable bonds is 3. The van der Waals surface area contributed by atoms with E-state index < -0.39 is 5.97 Å². The zero-order valence-electron chi connectivity index (χ0n) is 10.3. The van der Waals surface area contributed by atoms with Crippen molar-refractivity contribution in [3.8, 4) is 0 Å². The van der Waals surface area contributed by atoms with Crippen LogP contribution in [0.1, 0.15) is 30.4 Å². The lowest BCUT2D eigenvalue weighted by atomic mass is 10.0. The Labute approximate surface area is 102 Å². The van der Waals surface area contributed by atoms with Crippen LogP contribution in [0.4, 0.5) is 5.69 Å². The number of carbonyl (C=O) groups is 1. The van der Waals surface area contributed by atoms with Crippen molar-refractivity contribution in [1.82, 2.24) is 0 Å². The number of hydrogen-bond acceptors (Lipinski definition) is 2. The van der Waals surface area contributed by atoms with Gasteiger partial charge in [0, 0.05) is 18.8 Å². The summed E-state index contributed by atoms with van der Waals surface area (Å²) in [6.45, 7) is 4.31. The van der Waals surface area contributed by atoms with Gasteiger partial charge in [0.1, 0.15) is 0 Å². The van der Waals surface area contributed by atoms with Gasteiger partial charge in [0.15, 0.2) is 0 Å². The second-order valence-electron chi connectivity index (χ2n) is 4.74. The molecule has 0 aliphatic carbocycles. The highest BCUT2D eigenvalue weighted by molar-refractivity contribution is 5.71. The average Bonchev–Trinajstić information content (AvgIpc) is 2.29. The summed E-state index contributed by atoms with van der Waals surface area (Å²) in [5.41, 5.74) is 3.33. The smallest absolute Gasteiger partial charge is 0.307 e. The summed E-state index contributed by atoms with van der Waals surface area (Å²) >= 11 is 0.